The lowest BCUT2D eigenvalue weighted by Crippen LogP contribution is -2.52. The fourth-order valence-electron chi connectivity index (χ4n) is 5.09. The van der Waals surface area contributed by atoms with E-state index < -0.39 is 6.10 Å². The summed E-state index contributed by atoms with van der Waals surface area (Å²) in [5.74, 6) is 0. The Bertz CT molecular complexity index is 648. The number of urea groups is 1. The number of carbonyl (C=O) groups excluding carboxylic acids is 1. The lowest BCUT2D eigenvalue weighted by Gasteiger charge is -2.44. The average molecular weight is 357 g/mol. The van der Waals surface area contributed by atoms with Crippen molar-refractivity contribution in [2.75, 3.05) is 13.1 Å². The van der Waals surface area contributed by atoms with Crippen molar-refractivity contribution in [3.8, 4) is 0 Å². The molecule has 1 aromatic rings. The highest BCUT2D eigenvalue weighted by Gasteiger charge is 2.38. The van der Waals surface area contributed by atoms with Crippen molar-refractivity contribution < 1.29 is 9.90 Å². The van der Waals surface area contributed by atoms with Crippen LogP contribution in [0.2, 0.25) is 0 Å². The molecule has 0 radical (unpaired) electrons. The van der Waals surface area contributed by atoms with Crippen LogP contribution in [0.5, 0.6) is 0 Å². The summed E-state index contributed by atoms with van der Waals surface area (Å²) in [6.07, 6.45) is 7.14. The molecule has 2 aliphatic carbocycles. The molecule has 1 aromatic carbocycles. The van der Waals surface area contributed by atoms with E-state index in [0.29, 0.717) is 12.0 Å². The summed E-state index contributed by atoms with van der Waals surface area (Å²) in [6.45, 7) is 4.86. The number of hydrogen-bond donors (Lipinski definition) is 3. The first-order valence-electron chi connectivity index (χ1n) is 10.1. The third-order valence-corrected chi connectivity index (χ3v) is 6.76. The number of aliphatic hydroxyl groups is 1. The van der Waals surface area contributed by atoms with Gasteiger partial charge in [-0.15, -0.1) is 0 Å². The molecular weight excluding hydrogens is 326 g/mol. The van der Waals surface area contributed by atoms with E-state index >= 15 is 0 Å². The number of benzene rings is 1. The number of hydrogen-bond acceptors (Lipinski definition) is 3. The Labute approximate surface area is 156 Å². The molecule has 1 aliphatic heterocycles. The molecule has 5 nitrogen and oxygen atoms in total. The van der Waals surface area contributed by atoms with Gasteiger partial charge in [-0.1, -0.05) is 24.3 Å². The standard InChI is InChI=1S/C21H31N3O2/c1-21(24-12-4-5-13-24)10-8-15(9-11-21)22-20(26)23-18-14-19(25)17-7-3-2-6-16(17)18/h2-3,6-7,15,18-19,25H,4-5,8-14H2,1H3,(H2,22,23,26). The zero-order valence-electron chi connectivity index (χ0n) is 15.7. The quantitative estimate of drug-likeness (QED) is 0.778. The number of aliphatic hydroxyl groups excluding tert-OH is 1. The number of carbonyl (C=O) groups is 1. The van der Waals surface area contributed by atoms with Crippen molar-refractivity contribution in [1.82, 2.24) is 15.5 Å². The monoisotopic (exact) mass is 357 g/mol. The lowest BCUT2D eigenvalue weighted by atomic mass is 9.79. The second-order valence-electron chi connectivity index (χ2n) is 8.52. The van der Waals surface area contributed by atoms with E-state index in [1.54, 1.807) is 0 Å². The molecule has 1 saturated carbocycles. The molecule has 2 unspecified atom stereocenters. The Morgan fingerprint density at radius 2 is 1.77 bits per heavy atom. The fourth-order valence-corrected chi connectivity index (χ4v) is 5.09. The lowest BCUT2D eigenvalue weighted by molar-refractivity contribution is 0.0808. The predicted octanol–water partition coefficient (Wildman–Crippen LogP) is 3.26. The van der Waals surface area contributed by atoms with Gasteiger partial charge in [0.15, 0.2) is 0 Å². The van der Waals surface area contributed by atoms with Crippen molar-refractivity contribution in [1.29, 1.82) is 0 Å². The summed E-state index contributed by atoms with van der Waals surface area (Å²) < 4.78 is 0. The van der Waals surface area contributed by atoms with Crippen molar-refractivity contribution in [3.63, 3.8) is 0 Å². The molecule has 1 saturated heterocycles. The number of amides is 2. The van der Waals surface area contributed by atoms with Crippen LogP contribution in [0.4, 0.5) is 4.79 Å². The minimum absolute atomic E-state index is 0.0975. The highest BCUT2D eigenvalue weighted by atomic mass is 16.3. The van der Waals surface area contributed by atoms with Crippen LogP contribution in [-0.2, 0) is 0 Å². The summed E-state index contributed by atoms with van der Waals surface area (Å²) in [6, 6.07) is 7.90. The van der Waals surface area contributed by atoms with Crippen LogP contribution in [-0.4, -0.2) is 40.7 Å². The van der Waals surface area contributed by atoms with Gasteiger partial charge in [-0.2, -0.15) is 0 Å². The number of rotatable bonds is 3. The minimum Gasteiger partial charge on any atom is -0.388 e. The largest absolute Gasteiger partial charge is 0.388 e. The smallest absolute Gasteiger partial charge is 0.315 e. The molecule has 26 heavy (non-hydrogen) atoms. The van der Waals surface area contributed by atoms with Gasteiger partial charge in [0.05, 0.1) is 12.1 Å². The molecular formula is C21H31N3O2. The zero-order valence-corrected chi connectivity index (χ0v) is 15.7. The number of likely N-dealkylation sites (tertiary alicyclic amines) is 1. The van der Waals surface area contributed by atoms with E-state index in [0.717, 1.165) is 36.8 Å². The highest BCUT2D eigenvalue weighted by molar-refractivity contribution is 5.75. The van der Waals surface area contributed by atoms with Crippen LogP contribution in [0.15, 0.2) is 24.3 Å². The summed E-state index contributed by atoms with van der Waals surface area (Å²) in [5, 5.41) is 16.4. The van der Waals surface area contributed by atoms with E-state index in [2.05, 4.69) is 22.5 Å². The van der Waals surface area contributed by atoms with Gasteiger partial charge in [-0.3, -0.25) is 4.90 Å². The molecule has 0 bridgehead atoms. The van der Waals surface area contributed by atoms with Gasteiger partial charge in [0.1, 0.15) is 0 Å². The maximum atomic E-state index is 12.5. The van der Waals surface area contributed by atoms with Crippen LogP contribution < -0.4 is 10.6 Å². The van der Waals surface area contributed by atoms with Crippen molar-refractivity contribution >= 4 is 6.03 Å². The third-order valence-electron chi connectivity index (χ3n) is 6.76. The Hall–Kier alpha value is -1.59. The van der Waals surface area contributed by atoms with E-state index in [4.69, 9.17) is 0 Å². The Balaban J connectivity index is 1.29. The molecule has 4 rings (SSSR count). The minimum atomic E-state index is -0.479. The Kier molecular flexibility index (Phi) is 4.93. The van der Waals surface area contributed by atoms with E-state index in [9.17, 15) is 9.90 Å². The average Bonchev–Trinajstić information content (AvgIpc) is 3.27. The summed E-state index contributed by atoms with van der Waals surface area (Å²) in [7, 11) is 0. The Morgan fingerprint density at radius 1 is 1.12 bits per heavy atom. The summed E-state index contributed by atoms with van der Waals surface area (Å²) in [4.78, 5) is 15.1. The maximum Gasteiger partial charge on any atom is 0.315 e. The maximum absolute atomic E-state index is 12.5. The van der Waals surface area contributed by atoms with Crippen LogP contribution in [0.1, 0.15) is 75.1 Å². The molecule has 2 atom stereocenters. The molecule has 142 valence electrons. The Morgan fingerprint density at radius 3 is 2.46 bits per heavy atom. The SMILES string of the molecule is CC1(N2CCCC2)CCC(NC(=O)NC2CC(O)c3ccccc32)CC1. The molecule has 0 spiro atoms. The van der Waals surface area contributed by atoms with Crippen LogP contribution >= 0.6 is 0 Å². The van der Waals surface area contributed by atoms with Gasteiger partial charge < -0.3 is 15.7 Å². The molecule has 5 heteroatoms. The second kappa shape index (κ2) is 7.20. The van der Waals surface area contributed by atoms with Crippen LogP contribution in [0, 0.1) is 0 Å². The fraction of sp³-hybridized carbons (Fsp3) is 0.667. The number of fused-ring (bicyclic) bond motifs is 1. The molecule has 2 amide bonds. The van der Waals surface area contributed by atoms with Gasteiger partial charge in [0.25, 0.3) is 0 Å². The molecule has 3 aliphatic rings. The van der Waals surface area contributed by atoms with Crippen molar-refractivity contribution in [2.45, 2.75) is 75.6 Å². The summed E-state index contributed by atoms with van der Waals surface area (Å²) in [5.41, 5.74) is 2.30. The first-order chi connectivity index (χ1) is 12.5. The first-order valence-corrected chi connectivity index (χ1v) is 10.1. The van der Waals surface area contributed by atoms with Crippen LogP contribution in [0.25, 0.3) is 0 Å². The van der Waals surface area contributed by atoms with Gasteiger partial charge in [0.2, 0.25) is 0 Å². The molecule has 1 heterocycles. The van der Waals surface area contributed by atoms with Crippen molar-refractivity contribution in [2.24, 2.45) is 0 Å². The topological polar surface area (TPSA) is 64.6 Å². The van der Waals surface area contributed by atoms with Crippen molar-refractivity contribution in [3.05, 3.63) is 35.4 Å². The number of nitrogens with one attached hydrogen (secondary N) is 2. The van der Waals surface area contributed by atoms with E-state index in [-0.39, 0.29) is 18.1 Å². The van der Waals surface area contributed by atoms with E-state index in [1.165, 1.54) is 25.9 Å². The molecule has 0 aromatic heterocycles. The third kappa shape index (κ3) is 3.47. The molecule has 3 N–H and O–H groups in total. The number of nitrogens with zero attached hydrogens (tertiary/aromatic N) is 1. The first kappa shape index (κ1) is 17.8. The van der Waals surface area contributed by atoms with Gasteiger partial charge in [-0.25, -0.2) is 4.79 Å². The predicted molar refractivity (Wildman–Crippen MR) is 102 cm³/mol. The highest BCUT2D eigenvalue weighted by Crippen LogP contribution is 2.38. The van der Waals surface area contributed by atoms with E-state index in [1.807, 2.05) is 24.3 Å². The van der Waals surface area contributed by atoms with Crippen LogP contribution in [0.3, 0.4) is 0 Å². The molecule has 2 fully saturated rings. The van der Waals surface area contributed by atoms with Gasteiger partial charge in [-0.05, 0) is 69.7 Å². The second-order valence-corrected chi connectivity index (χ2v) is 8.52. The normalized spacial score (nSPS) is 34.5. The van der Waals surface area contributed by atoms with Gasteiger partial charge in [0, 0.05) is 18.0 Å². The summed E-state index contributed by atoms with van der Waals surface area (Å²) >= 11 is 0. The van der Waals surface area contributed by atoms with Gasteiger partial charge >= 0.3 is 6.03 Å². The zero-order chi connectivity index (χ0) is 18.1.